The maximum absolute atomic E-state index is 13.6. The first-order valence-electron chi connectivity index (χ1n) is 14.1. The lowest BCUT2D eigenvalue weighted by Gasteiger charge is -2.15. The summed E-state index contributed by atoms with van der Waals surface area (Å²) in [7, 11) is 4.43. The second-order valence-electron chi connectivity index (χ2n) is 9.91. The molecule has 0 aromatic heterocycles. The van der Waals surface area contributed by atoms with Gasteiger partial charge in [0.05, 0.1) is 32.0 Å². The Kier molecular flexibility index (Phi) is 11.6. The number of nitro groups is 1. The SMILES string of the molecule is COc1cc(/C=C(/NC(=O)c2ccccc2)C(=O)Nc2cccc(SCC(=O)Nc3ccc([N+](=O)[O-])cc3C)c2)cc(OC)c1OC. The molecular weight excluding hydrogens is 624 g/mol. The Balaban J connectivity index is 1.52. The number of nitro benzene ring substituents is 1. The van der Waals surface area contributed by atoms with Gasteiger partial charge in [0.15, 0.2) is 11.5 Å². The highest BCUT2D eigenvalue weighted by atomic mass is 32.2. The molecule has 0 aliphatic heterocycles. The van der Waals surface area contributed by atoms with E-state index in [1.54, 1.807) is 73.7 Å². The molecule has 0 aliphatic rings. The van der Waals surface area contributed by atoms with Gasteiger partial charge in [0.1, 0.15) is 5.70 Å². The number of thioether (sulfide) groups is 1. The highest BCUT2D eigenvalue weighted by Crippen LogP contribution is 2.38. The number of aryl methyl sites for hydroxylation is 1. The molecule has 0 atom stereocenters. The maximum Gasteiger partial charge on any atom is 0.272 e. The van der Waals surface area contributed by atoms with Crippen LogP contribution >= 0.6 is 11.8 Å². The smallest absolute Gasteiger partial charge is 0.272 e. The molecular formula is C34H32N4O8S. The van der Waals surface area contributed by atoms with Crippen LogP contribution in [-0.2, 0) is 9.59 Å². The molecule has 47 heavy (non-hydrogen) atoms. The molecule has 12 nitrogen and oxygen atoms in total. The number of methoxy groups -OCH3 is 3. The van der Waals surface area contributed by atoms with Crippen molar-refractivity contribution < 1.29 is 33.5 Å². The van der Waals surface area contributed by atoms with E-state index in [9.17, 15) is 24.5 Å². The van der Waals surface area contributed by atoms with Crippen LogP contribution < -0.4 is 30.2 Å². The van der Waals surface area contributed by atoms with E-state index >= 15 is 0 Å². The van der Waals surface area contributed by atoms with E-state index in [2.05, 4.69) is 16.0 Å². The van der Waals surface area contributed by atoms with Crippen LogP contribution in [0.2, 0.25) is 0 Å². The van der Waals surface area contributed by atoms with Gasteiger partial charge in [-0.3, -0.25) is 24.5 Å². The summed E-state index contributed by atoms with van der Waals surface area (Å²) in [5.41, 5.74) is 2.21. The summed E-state index contributed by atoms with van der Waals surface area (Å²) in [4.78, 5) is 50.5. The molecule has 0 bridgehead atoms. The van der Waals surface area contributed by atoms with Gasteiger partial charge in [-0.25, -0.2) is 0 Å². The van der Waals surface area contributed by atoms with Crippen molar-refractivity contribution in [1.82, 2.24) is 5.32 Å². The van der Waals surface area contributed by atoms with Crippen molar-refractivity contribution in [2.45, 2.75) is 11.8 Å². The molecule has 3 N–H and O–H groups in total. The van der Waals surface area contributed by atoms with Gasteiger partial charge >= 0.3 is 0 Å². The summed E-state index contributed by atoms with van der Waals surface area (Å²) in [6, 6.07) is 22.9. The Morgan fingerprint density at radius 1 is 0.851 bits per heavy atom. The number of amides is 3. The Morgan fingerprint density at radius 3 is 2.17 bits per heavy atom. The zero-order chi connectivity index (χ0) is 33.9. The molecule has 242 valence electrons. The number of hydrogen-bond donors (Lipinski definition) is 3. The zero-order valence-electron chi connectivity index (χ0n) is 26.0. The molecule has 0 unspecified atom stereocenters. The van der Waals surface area contributed by atoms with Crippen LogP contribution in [0.15, 0.2) is 95.5 Å². The lowest BCUT2D eigenvalue weighted by atomic mass is 10.1. The van der Waals surface area contributed by atoms with Crippen molar-refractivity contribution in [3.63, 3.8) is 0 Å². The minimum absolute atomic E-state index is 0.0489. The summed E-state index contributed by atoms with van der Waals surface area (Å²) in [5, 5.41) is 19.3. The molecule has 0 fully saturated rings. The van der Waals surface area contributed by atoms with Gasteiger partial charge < -0.3 is 30.2 Å². The largest absolute Gasteiger partial charge is 0.493 e. The quantitative estimate of drug-likeness (QED) is 0.0672. The second kappa shape index (κ2) is 16.0. The molecule has 0 aliphatic carbocycles. The molecule has 0 radical (unpaired) electrons. The van der Waals surface area contributed by atoms with Gasteiger partial charge in [0.25, 0.3) is 17.5 Å². The highest BCUT2D eigenvalue weighted by Gasteiger charge is 2.18. The van der Waals surface area contributed by atoms with E-state index < -0.39 is 16.7 Å². The standard InChI is InChI=1S/C34H32N4O8S/c1-21-15-25(38(42)43)13-14-27(21)36-31(39)20-47-26-12-8-11-24(19-26)35-34(41)28(37-33(40)23-9-6-5-7-10-23)16-22-17-29(44-2)32(46-4)30(18-22)45-3/h5-19H,20H2,1-4H3,(H,35,41)(H,36,39)(H,37,40)/b28-16+. The predicted octanol–water partition coefficient (Wildman–Crippen LogP) is 6.07. The normalized spacial score (nSPS) is 10.9. The van der Waals surface area contributed by atoms with Crippen LogP contribution in [0.5, 0.6) is 17.2 Å². The zero-order valence-corrected chi connectivity index (χ0v) is 26.8. The number of anilines is 2. The van der Waals surface area contributed by atoms with Crippen LogP contribution in [0, 0.1) is 17.0 Å². The van der Waals surface area contributed by atoms with E-state index in [0.717, 1.165) is 0 Å². The first kappa shape index (κ1) is 34.1. The Morgan fingerprint density at radius 2 is 1.55 bits per heavy atom. The van der Waals surface area contributed by atoms with Gasteiger partial charge in [-0.1, -0.05) is 24.3 Å². The predicted molar refractivity (Wildman–Crippen MR) is 180 cm³/mol. The average Bonchev–Trinajstić information content (AvgIpc) is 3.07. The molecule has 0 saturated carbocycles. The third-order valence-corrected chi connectivity index (χ3v) is 7.68. The van der Waals surface area contributed by atoms with Gasteiger partial charge in [0.2, 0.25) is 11.7 Å². The molecule has 4 aromatic carbocycles. The number of non-ortho nitro benzene ring substituents is 1. The van der Waals surface area contributed by atoms with E-state index in [4.69, 9.17) is 14.2 Å². The van der Waals surface area contributed by atoms with Gasteiger partial charge in [0, 0.05) is 34.0 Å². The second-order valence-corrected chi connectivity index (χ2v) is 11.0. The third kappa shape index (κ3) is 9.11. The third-order valence-electron chi connectivity index (χ3n) is 6.68. The first-order chi connectivity index (χ1) is 22.6. The van der Waals surface area contributed by atoms with E-state index in [1.165, 1.54) is 57.4 Å². The molecule has 3 amide bonds. The summed E-state index contributed by atoms with van der Waals surface area (Å²) in [5.74, 6) is -0.241. The maximum atomic E-state index is 13.6. The molecule has 0 saturated heterocycles. The molecule has 0 heterocycles. The number of rotatable bonds is 13. The summed E-state index contributed by atoms with van der Waals surface area (Å²) < 4.78 is 16.3. The van der Waals surface area contributed by atoms with Crippen molar-refractivity contribution in [3.05, 3.63) is 117 Å². The van der Waals surface area contributed by atoms with Crippen molar-refractivity contribution >= 4 is 52.6 Å². The summed E-state index contributed by atoms with van der Waals surface area (Å²) in [6.45, 7) is 1.68. The van der Waals surface area contributed by atoms with Crippen molar-refractivity contribution in [3.8, 4) is 17.2 Å². The highest BCUT2D eigenvalue weighted by molar-refractivity contribution is 8.00. The summed E-state index contributed by atoms with van der Waals surface area (Å²) in [6.07, 6.45) is 1.49. The van der Waals surface area contributed by atoms with E-state index in [0.29, 0.717) is 50.2 Å². The van der Waals surface area contributed by atoms with Crippen LogP contribution in [-0.4, -0.2) is 49.7 Å². The number of ether oxygens (including phenoxy) is 3. The fraction of sp³-hybridized carbons (Fsp3) is 0.147. The Bertz CT molecular complexity index is 1800. The topological polar surface area (TPSA) is 158 Å². The van der Waals surface area contributed by atoms with Gasteiger partial charge in [-0.05, 0) is 72.7 Å². The number of carbonyl (C=O) groups excluding carboxylic acids is 3. The molecule has 4 rings (SSSR count). The fourth-order valence-corrected chi connectivity index (χ4v) is 5.15. The number of hydrogen-bond acceptors (Lipinski definition) is 9. The van der Waals surface area contributed by atoms with Crippen molar-refractivity contribution in [2.75, 3.05) is 37.7 Å². The average molecular weight is 657 g/mol. The number of nitrogens with one attached hydrogen (secondary N) is 3. The lowest BCUT2D eigenvalue weighted by molar-refractivity contribution is -0.384. The molecule has 13 heteroatoms. The monoisotopic (exact) mass is 656 g/mol. The van der Waals surface area contributed by atoms with Gasteiger partial charge in [-0.2, -0.15) is 0 Å². The Hall–Kier alpha value is -5.82. The molecule has 0 spiro atoms. The fourth-order valence-electron chi connectivity index (χ4n) is 4.39. The van der Waals surface area contributed by atoms with E-state index in [-0.39, 0.29) is 23.0 Å². The minimum Gasteiger partial charge on any atom is -0.493 e. The van der Waals surface area contributed by atoms with Crippen molar-refractivity contribution in [2.24, 2.45) is 0 Å². The minimum atomic E-state index is -0.600. The number of nitrogens with zero attached hydrogens (tertiary/aromatic N) is 1. The van der Waals surface area contributed by atoms with Gasteiger partial charge in [-0.15, -0.1) is 11.8 Å². The van der Waals surface area contributed by atoms with Crippen LogP contribution in [0.1, 0.15) is 21.5 Å². The van der Waals surface area contributed by atoms with E-state index in [1.807, 2.05) is 0 Å². The van der Waals surface area contributed by atoms with Crippen LogP contribution in [0.4, 0.5) is 17.1 Å². The first-order valence-corrected chi connectivity index (χ1v) is 15.1. The number of benzene rings is 4. The number of carbonyl (C=O) groups is 3. The van der Waals surface area contributed by atoms with Crippen LogP contribution in [0.25, 0.3) is 6.08 Å². The lowest BCUT2D eigenvalue weighted by Crippen LogP contribution is -2.30. The van der Waals surface area contributed by atoms with Crippen LogP contribution in [0.3, 0.4) is 0 Å². The Labute approximate surface area is 275 Å². The molecule has 4 aromatic rings. The summed E-state index contributed by atoms with van der Waals surface area (Å²) >= 11 is 1.24. The van der Waals surface area contributed by atoms with Crippen molar-refractivity contribution in [1.29, 1.82) is 0 Å².